The third kappa shape index (κ3) is 4.35. The van der Waals surface area contributed by atoms with Crippen molar-refractivity contribution in [2.24, 2.45) is 0 Å². The first-order valence-corrected chi connectivity index (χ1v) is 12.7. The molecule has 0 saturated carbocycles. The van der Waals surface area contributed by atoms with Crippen molar-refractivity contribution in [2.75, 3.05) is 13.7 Å². The van der Waals surface area contributed by atoms with Crippen molar-refractivity contribution in [1.82, 2.24) is 4.57 Å². The fourth-order valence-corrected chi connectivity index (χ4v) is 4.15. The third-order valence-electron chi connectivity index (χ3n) is 3.64. The molecular formula is C16H20BrCl2NO3Si. The average Bonchev–Trinajstić information content (AvgIpc) is 2.87. The Hall–Kier alpha value is -0.533. The molecular weight excluding hydrogens is 433 g/mol. The quantitative estimate of drug-likeness (QED) is 0.240. The molecule has 0 aliphatic rings. The van der Waals surface area contributed by atoms with Crippen LogP contribution in [-0.2, 0) is 16.2 Å². The molecule has 0 saturated heterocycles. The van der Waals surface area contributed by atoms with E-state index in [0.29, 0.717) is 27.9 Å². The summed E-state index contributed by atoms with van der Waals surface area (Å²) in [5, 5.41) is 1.59. The summed E-state index contributed by atoms with van der Waals surface area (Å²) in [5.74, 6) is -0.445. The van der Waals surface area contributed by atoms with Crippen molar-refractivity contribution in [3.8, 4) is 0 Å². The molecule has 1 heterocycles. The highest BCUT2D eigenvalue weighted by atomic mass is 79.9. The minimum absolute atomic E-state index is 0.213. The van der Waals surface area contributed by atoms with Crippen LogP contribution in [0.15, 0.2) is 16.6 Å². The molecule has 1 aromatic heterocycles. The van der Waals surface area contributed by atoms with Crippen LogP contribution in [0.4, 0.5) is 0 Å². The van der Waals surface area contributed by atoms with Crippen molar-refractivity contribution in [3.05, 3.63) is 32.3 Å². The molecule has 8 heteroatoms. The molecule has 0 atom stereocenters. The molecule has 24 heavy (non-hydrogen) atoms. The van der Waals surface area contributed by atoms with Gasteiger partial charge in [-0.25, -0.2) is 4.79 Å². The van der Waals surface area contributed by atoms with Crippen LogP contribution >= 0.6 is 39.1 Å². The Kier molecular flexibility index (Phi) is 6.42. The lowest BCUT2D eigenvalue weighted by Gasteiger charge is -2.17. The summed E-state index contributed by atoms with van der Waals surface area (Å²) < 4.78 is 13.2. The second-order valence-corrected chi connectivity index (χ2v) is 14.0. The van der Waals surface area contributed by atoms with Gasteiger partial charge < -0.3 is 14.0 Å². The molecule has 0 aliphatic carbocycles. The van der Waals surface area contributed by atoms with Gasteiger partial charge in [-0.1, -0.05) is 58.8 Å². The molecule has 0 unspecified atom stereocenters. The molecule has 4 nitrogen and oxygen atoms in total. The fourth-order valence-electron chi connectivity index (χ4n) is 2.28. The number of hydrogen-bond acceptors (Lipinski definition) is 3. The lowest BCUT2D eigenvalue weighted by atomic mass is 10.2. The third-order valence-corrected chi connectivity index (χ3v) is 6.77. The second-order valence-electron chi connectivity index (χ2n) is 6.71. The summed E-state index contributed by atoms with van der Waals surface area (Å²) >= 11 is 16.0. The van der Waals surface area contributed by atoms with Gasteiger partial charge in [0, 0.05) is 24.5 Å². The average molecular weight is 453 g/mol. The number of nitrogens with zero attached hydrogens (tertiary/aromatic N) is 1. The van der Waals surface area contributed by atoms with Crippen LogP contribution in [-0.4, -0.2) is 32.3 Å². The number of carbonyl (C=O) groups excluding carboxylic acids is 1. The molecule has 132 valence electrons. The van der Waals surface area contributed by atoms with E-state index in [1.165, 1.54) is 7.11 Å². The van der Waals surface area contributed by atoms with Crippen LogP contribution < -0.4 is 0 Å². The number of ether oxygens (including phenoxy) is 2. The van der Waals surface area contributed by atoms with Gasteiger partial charge in [0.15, 0.2) is 0 Å². The number of methoxy groups -OCH3 is 1. The maximum atomic E-state index is 12.1. The number of esters is 1. The van der Waals surface area contributed by atoms with Crippen LogP contribution in [0.5, 0.6) is 0 Å². The van der Waals surface area contributed by atoms with Gasteiger partial charge in [-0.2, -0.15) is 0 Å². The van der Waals surface area contributed by atoms with Gasteiger partial charge in [-0.05, 0) is 18.2 Å². The van der Waals surface area contributed by atoms with Crippen molar-refractivity contribution < 1.29 is 14.3 Å². The summed E-state index contributed by atoms with van der Waals surface area (Å²) in [6, 6.07) is 4.48. The SMILES string of the molecule is COC(=O)c1cc2c(Br)cc(Cl)c(Cl)c2n1COCC[Si](C)(C)C. The monoisotopic (exact) mass is 451 g/mol. The highest BCUT2D eigenvalue weighted by Gasteiger charge is 2.21. The zero-order chi connectivity index (χ0) is 18.1. The Morgan fingerprint density at radius 3 is 2.54 bits per heavy atom. The van der Waals surface area contributed by atoms with Crippen LogP contribution in [0.25, 0.3) is 10.9 Å². The van der Waals surface area contributed by atoms with E-state index in [1.807, 2.05) is 0 Å². The van der Waals surface area contributed by atoms with Gasteiger partial charge in [0.2, 0.25) is 0 Å². The summed E-state index contributed by atoms with van der Waals surface area (Å²) in [6.45, 7) is 7.71. The smallest absolute Gasteiger partial charge is 0.354 e. The van der Waals surface area contributed by atoms with E-state index in [2.05, 4.69) is 35.6 Å². The van der Waals surface area contributed by atoms with Gasteiger partial charge in [0.25, 0.3) is 0 Å². The Labute approximate surface area is 161 Å². The minimum atomic E-state index is -1.18. The van der Waals surface area contributed by atoms with Crippen molar-refractivity contribution in [1.29, 1.82) is 0 Å². The van der Waals surface area contributed by atoms with Gasteiger partial charge in [0.1, 0.15) is 12.4 Å². The number of rotatable bonds is 6. The molecule has 0 radical (unpaired) electrons. The van der Waals surface area contributed by atoms with Gasteiger partial charge in [-0.15, -0.1) is 0 Å². The van der Waals surface area contributed by atoms with Crippen LogP contribution in [0.2, 0.25) is 35.7 Å². The maximum absolute atomic E-state index is 12.1. The summed E-state index contributed by atoms with van der Waals surface area (Å²) in [7, 11) is 0.163. The molecule has 0 spiro atoms. The standard InChI is InChI=1S/C16H20BrCl2NO3Si/c1-22-16(21)13-7-10-11(17)8-12(18)14(19)15(10)20(13)9-23-5-6-24(2,3)4/h7-8H,5-6,9H2,1-4H3. The first kappa shape index (κ1) is 19.8. The van der Waals surface area contributed by atoms with E-state index in [4.69, 9.17) is 32.7 Å². The van der Waals surface area contributed by atoms with Crippen LogP contribution in [0.1, 0.15) is 10.5 Å². The molecule has 0 amide bonds. The predicted molar refractivity (Wildman–Crippen MR) is 105 cm³/mol. The molecule has 1 aromatic carbocycles. The second kappa shape index (κ2) is 7.79. The summed E-state index contributed by atoms with van der Waals surface area (Å²) in [4.78, 5) is 12.1. The number of aromatic nitrogens is 1. The van der Waals surface area contributed by atoms with Crippen molar-refractivity contribution in [3.63, 3.8) is 0 Å². The Bertz CT molecular complexity index is 771. The zero-order valence-electron chi connectivity index (χ0n) is 14.1. The van der Waals surface area contributed by atoms with Crippen LogP contribution in [0, 0.1) is 0 Å². The summed E-state index contributed by atoms with van der Waals surface area (Å²) in [5.41, 5.74) is 1.04. The number of carbonyl (C=O) groups is 1. The van der Waals surface area contributed by atoms with Gasteiger partial charge >= 0.3 is 5.97 Å². The topological polar surface area (TPSA) is 40.5 Å². The Morgan fingerprint density at radius 1 is 1.29 bits per heavy atom. The Balaban J connectivity index is 2.43. The predicted octanol–water partition coefficient (Wildman–Crippen LogP) is 5.81. The largest absolute Gasteiger partial charge is 0.464 e. The molecule has 0 N–H and O–H groups in total. The zero-order valence-corrected chi connectivity index (χ0v) is 18.2. The fraction of sp³-hybridized carbons (Fsp3) is 0.438. The highest BCUT2D eigenvalue weighted by molar-refractivity contribution is 9.10. The molecule has 0 bridgehead atoms. The van der Waals surface area contributed by atoms with Crippen molar-refractivity contribution >= 4 is 64.1 Å². The van der Waals surface area contributed by atoms with Gasteiger partial charge in [0.05, 0.1) is 22.7 Å². The van der Waals surface area contributed by atoms with Crippen LogP contribution in [0.3, 0.4) is 0 Å². The number of halogens is 3. The highest BCUT2D eigenvalue weighted by Crippen LogP contribution is 2.38. The molecule has 0 aliphatic heterocycles. The van der Waals surface area contributed by atoms with E-state index in [9.17, 15) is 4.79 Å². The normalized spacial score (nSPS) is 12.0. The van der Waals surface area contributed by atoms with E-state index in [0.717, 1.165) is 15.9 Å². The first-order chi connectivity index (χ1) is 11.2. The first-order valence-electron chi connectivity index (χ1n) is 7.48. The lowest BCUT2D eigenvalue weighted by molar-refractivity contribution is 0.0546. The minimum Gasteiger partial charge on any atom is -0.464 e. The van der Waals surface area contributed by atoms with Gasteiger partial charge in [-0.3, -0.25) is 0 Å². The number of fused-ring (bicyclic) bond motifs is 1. The number of benzene rings is 1. The van der Waals surface area contributed by atoms with E-state index < -0.39 is 14.0 Å². The lowest BCUT2D eigenvalue weighted by Crippen LogP contribution is -2.22. The summed E-state index contributed by atoms with van der Waals surface area (Å²) in [6.07, 6.45) is 0. The van der Waals surface area contributed by atoms with E-state index >= 15 is 0 Å². The molecule has 0 fully saturated rings. The molecule has 2 aromatic rings. The molecule has 2 rings (SSSR count). The van der Waals surface area contributed by atoms with E-state index in [1.54, 1.807) is 16.7 Å². The van der Waals surface area contributed by atoms with Crippen molar-refractivity contribution in [2.45, 2.75) is 32.4 Å². The van der Waals surface area contributed by atoms with E-state index in [-0.39, 0.29) is 6.73 Å². The maximum Gasteiger partial charge on any atom is 0.354 e. The number of hydrogen-bond donors (Lipinski definition) is 0. The Morgan fingerprint density at radius 2 is 1.96 bits per heavy atom.